The Balaban J connectivity index is 2.86. The second-order valence-electron chi connectivity index (χ2n) is 2.09. The second-order valence-corrected chi connectivity index (χ2v) is 3.51. The van der Waals surface area contributed by atoms with Crippen LogP contribution in [-0.4, -0.2) is 8.76 Å². The van der Waals surface area contributed by atoms with Crippen molar-refractivity contribution in [2.45, 2.75) is 10.6 Å². The number of hydrogen-bond donors (Lipinski definition) is 2. The molecule has 1 atom stereocenters. The minimum absolute atomic E-state index is 0.152. The minimum Gasteiger partial charge on any atom is -0.306 e. The maximum atomic E-state index is 10.4. The molecule has 0 radical (unpaired) electrons. The van der Waals surface area contributed by atoms with Gasteiger partial charge in [-0.1, -0.05) is 18.2 Å². The zero-order valence-electron chi connectivity index (χ0n) is 5.73. The summed E-state index contributed by atoms with van der Waals surface area (Å²) in [5.41, 5.74) is 0.802. The summed E-state index contributed by atoms with van der Waals surface area (Å²) in [6.45, 7) is 0. The van der Waals surface area contributed by atoms with Crippen LogP contribution in [0.2, 0.25) is 0 Å². The van der Waals surface area contributed by atoms with Gasteiger partial charge in [0.2, 0.25) is 0 Å². The minimum atomic E-state index is -1.78. The third-order valence-corrected chi connectivity index (χ3v) is 2.26. The molecule has 60 valence electrons. The smallest absolute Gasteiger partial charge is 0.157 e. The zero-order chi connectivity index (χ0) is 8.27. The van der Waals surface area contributed by atoms with Gasteiger partial charge in [-0.3, -0.25) is 0 Å². The van der Waals surface area contributed by atoms with E-state index < -0.39 is 11.1 Å². The van der Waals surface area contributed by atoms with Crippen molar-refractivity contribution in [3.05, 3.63) is 29.8 Å². The SMILES string of the molecule is O=S(O)Cc1ccccc1S. The summed E-state index contributed by atoms with van der Waals surface area (Å²) < 4.78 is 19.0. The molecule has 0 saturated heterocycles. The second kappa shape index (κ2) is 3.90. The van der Waals surface area contributed by atoms with Gasteiger partial charge in [0, 0.05) is 4.90 Å². The van der Waals surface area contributed by atoms with Gasteiger partial charge >= 0.3 is 0 Å². The van der Waals surface area contributed by atoms with Gasteiger partial charge in [-0.2, -0.15) is 0 Å². The van der Waals surface area contributed by atoms with Gasteiger partial charge in [0.25, 0.3) is 0 Å². The summed E-state index contributed by atoms with van der Waals surface area (Å²) >= 11 is 2.35. The zero-order valence-corrected chi connectivity index (χ0v) is 7.44. The fourth-order valence-electron chi connectivity index (χ4n) is 0.766. The van der Waals surface area contributed by atoms with Crippen molar-refractivity contribution in [1.29, 1.82) is 0 Å². The Hall–Kier alpha value is -0.320. The van der Waals surface area contributed by atoms with Crippen molar-refractivity contribution >= 4 is 23.7 Å². The van der Waals surface area contributed by atoms with Crippen LogP contribution in [0.5, 0.6) is 0 Å². The molecule has 0 aliphatic heterocycles. The maximum absolute atomic E-state index is 10.4. The highest BCUT2D eigenvalue weighted by Gasteiger charge is 2.00. The molecule has 0 spiro atoms. The fraction of sp³-hybridized carbons (Fsp3) is 0.143. The summed E-state index contributed by atoms with van der Waals surface area (Å²) in [4.78, 5) is 0.759. The van der Waals surface area contributed by atoms with Crippen molar-refractivity contribution < 1.29 is 8.76 Å². The van der Waals surface area contributed by atoms with Gasteiger partial charge < -0.3 is 4.55 Å². The molecule has 0 bridgehead atoms. The number of hydrogen-bond acceptors (Lipinski definition) is 2. The van der Waals surface area contributed by atoms with E-state index in [1.54, 1.807) is 12.1 Å². The van der Waals surface area contributed by atoms with E-state index in [2.05, 4.69) is 12.6 Å². The molecule has 1 unspecified atom stereocenters. The monoisotopic (exact) mass is 188 g/mol. The molecule has 0 aliphatic carbocycles. The van der Waals surface area contributed by atoms with Crippen LogP contribution >= 0.6 is 12.6 Å². The Morgan fingerprint density at radius 3 is 2.64 bits per heavy atom. The van der Waals surface area contributed by atoms with Crippen molar-refractivity contribution in [3.8, 4) is 0 Å². The van der Waals surface area contributed by atoms with Crippen LogP contribution < -0.4 is 0 Å². The average Bonchev–Trinajstić information content (AvgIpc) is 1.93. The molecular weight excluding hydrogens is 180 g/mol. The quantitative estimate of drug-likeness (QED) is 0.547. The summed E-state index contributed by atoms with van der Waals surface area (Å²) in [7, 11) is 0. The van der Waals surface area contributed by atoms with Crippen LogP contribution in [0.4, 0.5) is 0 Å². The lowest BCUT2D eigenvalue weighted by Gasteiger charge is -1.99. The molecule has 1 N–H and O–H groups in total. The molecule has 2 nitrogen and oxygen atoms in total. The number of benzene rings is 1. The molecule has 1 aromatic carbocycles. The molecule has 11 heavy (non-hydrogen) atoms. The predicted octanol–water partition coefficient (Wildman–Crippen LogP) is 1.70. The first-order valence-corrected chi connectivity index (χ1v) is 4.77. The molecule has 0 fully saturated rings. The van der Waals surface area contributed by atoms with Crippen LogP contribution in [0, 0.1) is 0 Å². The van der Waals surface area contributed by atoms with E-state index in [0.717, 1.165) is 10.5 Å². The fourth-order valence-corrected chi connectivity index (χ4v) is 1.63. The van der Waals surface area contributed by atoms with E-state index in [-0.39, 0.29) is 5.75 Å². The summed E-state index contributed by atoms with van der Waals surface area (Å²) in [5.74, 6) is 0.152. The van der Waals surface area contributed by atoms with Gasteiger partial charge in [0.1, 0.15) is 0 Å². The van der Waals surface area contributed by atoms with Crippen LogP contribution in [0.25, 0.3) is 0 Å². The molecule has 0 saturated carbocycles. The van der Waals surface area contributed by atoms with Crippen LogP contribution in [0.3, 0.4) is 0 Å². The lowest BCUT2D eigenvalue weighted by Crippen LogP contribution is -1.93. The van der Waals surface area contributed by atoms with E-state index in [4.69, 9.17) is 4.55 Å². The molecular formula is C7H8O2S2. The van der Waals surface area contributed by atoms with Gasteiger partial charge in [-0.15, -0.1) is 12.6 Å². The Bertz CT molecular complexity index is 273. The summed E-state index contributed by atoms with van der Waals surface area (Å²) in [6, 6.07) is 7.25. The van der Waals surface area contributed by atoms with Crippen LogP contribution in [-0.2, 0) is 16.8 Å². The first-order chi connectivity index (χ1) is 5.20. The van der Waals surface area contributed by atoms with Crippen molar-refractivity contribution in [3.63, 3.8) is 0 Å². The van der Waals surface area contributed by atoms with Crippen molar-refractivity contribution in [2.75, 3.05) is 0 Å². The topological polar surface area (TPSA) is 37.3 Å². The van der Waals surface area contributed by atoms with Crippen molar-refractivity contribution in [2.24, 2.45) is 0 Å². The van der Waals surface area contributed by atoms with E-state index >= 15 is 0 Å². The average molecular weight is 188 g/mol. The van der Waals surface area contributed by atoms with Gasteiger partial charge in [0.05, 0.1) is 5.75 Å². The number of rotatable bonds is 2. The molecule has 0 aromatic heterocycles. The Morgan fingerprint density at radius 2 is 2.09 bits per heavy atom. The molecule has 0 aliphatic rings. The van der Waals surface area contributed by atoms with Gasteiger partial charge in [-0.05, 0) is 11.6 Å². The van der Waals surface area contributed by atoms with Crippen LogP contribution in [0.15, 0.2) is 29.2 Å². The Labute approximate surface area is 73.3 Å². The van der Waals surface area contributed by atoms with E-state index in [1.807, 2.05) is 12.1 Å². The molecule has 4 heteroatoms. The largest absolute Gasteiger partial charge is 0.306 e. The van der Waals surface area contributed by atoms with E-state index in [1.165, 1.54) is 0 Å². The molecule has 1 aromatic rings. The lowest BCUT2D eigenvalue weighted by molar-refractivity contribution is 0.563. The normalized spacial score (nSPS) is 12.9. The molecule has 1 rings (SSSR count). The maximum Gasteiger partial charge on any atom is 0.157 e. The van der Waals surface area contributed by atoms with E-state index in [0.29, 0.717) is 0 Å². The Morgan fingerprint density at radius 1 is 1.45 bits per heavy atom. The highest BCUT2D eigenvalue weighted by atomic mass is 32.2. The third kappa shape index (κ3) is 2.65. The predicted molar refractivity (Wildman–Crippen MR) is 48.2 cm³/mol. The van der Waals surface area contributed by atoms with Gasteiger partial charge in [0.15, 0.2) is 11.1 Å². The summed E-state index contributed by atoms with van der Waals surface area (Å²) in [5, 5.41) is 0. The first kappa shape index (κ1) is 8.77. The Kier molecular flexibility index (Phi) is 3.11. The van der Waals surface area contributed by atoms with Crippen LogP contribution in [0.1, 0.15) is 5.56 Å². The van der Waals surface area contributed by atoms with E-state index in [9.17, 15) is 4.21 Å². The summed E-state index contributed by atoms with van der Waals surface area (Å²) in [6.07, 6.45) is 0. The standard InChI is InChI=1S/C7H8O2S2/c8-11(9)5-6-3-1-2-4-7(6)10/h1-4,10H,5H2,(H,8,9). The first-order valence-electron chi connectivity index (χ1n) is 3.04. The number of thiol groups is 1. The molecule has 0 heterocycles. The van der Waals surface area contributed by atoms with Crippen molar-refractivity contribution in [1.82, 2.24) is 0 Å². The van der Waals surface area contributed by atoms with Gasteiger partial charge in [-0.25, -0.2) is 4.21 Å². The molecule has 0 amide bonds. The lowest BCUT2D eigenvalue weighted by atomic mass is 10.2. The highest BCUT2D eigenvalue weighted by molar-refractivity contribution is 7.80. The third-order valence-electron chi connectivity index (χ3n) is 1.27. The highest BCUT2D eigenvalue weighted by Crippen LogP contribution is 2.13.